The Bertz CT molecular complexity index is 1480. The molecule has 2 aliphatic heterocycles. The van der Waals surface area contributed by atoms with E-state index < -0.39 is 64.0 Å². The zero-order chi connectivity index (χ0) is 31.9. The molecule has 2 aromatic carbocycles. The molecule has 0 aliphatic carbocycles. The van der Waals surface area contributed by atoms with E-state index in [1.807, 2.05) is 26.1 Å². The number of nitrogens with one attached hydrogen (secondary N) is 2. The van der Waals surface area contributed by atoms with E-state index in [4.69, 9.17) is 0 Å². The first kappa shape index (κ1) is 31.5. The maximum Gasteiger partial charge on any atom is 0.349 e. The molecule has 0 saturated carbocycles. The number of fused-ring (bicyclic) bond motifs is 2. The van der Waals surface area contributed by atoms with Crippen LogP contribution in [0.25, 0.3) is 0 Å². The zero-order valence-electron chi connectivity index (χ0n) is 24.6. The number of anilines is 1. The minimum absolute atomic E-state index is 0.0723. The molecule has 0 unspecified atom stereocenters. The predicted octanol–water partition coefficient (Wildman–Crippen LogP) is 3.70. The number of alkyl halides is 2. The van der Waals surface area contributed by atoms with Crippen molar-refractivity contribution in [3.8, 4) is 6.07 Å². The van der Waals surface area contributed by atoms with Gasteiger partial charge in [-0.1, -0.05) is 39.0 Å². The Morgan fingerprint density at radius 3 is 2.40 bits per heavy atom. The molecule has 4 rings (SSSR count). The molecule has 0 radical (unpaired) electrons. The van der Waals surface area contributed by atoms with E-state index in [1.165, 1.54) is 18.9 Å². The molecule has 0 aromatic heterocycles. The Balaban J connectivity index is 1.57. The van der Waals surface area contributed by atoms with Crippen LogP contribution in [0.1, 0.15) is 51.7 Å². The van der Waals surface area contributed by atoms with E-state index in [-0.39, 0.29) is 25.3 Å². The fourth-order valence-electron chi connectivity index (χ4n) is 5.75. The lowest BCUT2D eigenvalue weighted by atomic mass is 9.80. The number of amides is 4. The first-order chi connectivity index (χ1) is 20.0. The van der Waals surface area contributed by atoms with Gasteiger partial charge >= 0.3 is 5.92 Å². The topological polar surface area (TPSA) is 123 Å². The molecule has 0 bridgehead atoms. The number of hydrogen-bond acceptors (Lipinski definition) is 5. The van der Waals surface area contributed by atoms with Gasteiger partial charge < -0.3 is 20.4 Å². The summed E-state index contributed by atoms with van der Waals surface area (Å²) in [7, 11) is 1.34. The molecule has 1 saturated heterocycles. The van der Waals surface area contributed by atoms with Crippen LogP contribution in [0.5, 0.6) is 0 Å². The highest BCUT2D eigenvalue weighted by Crippen LogP contribution is 2.46. The van der Waals surface area contributed by atoms with Crippen molar-refractivity contribution in [2.75, 3.05) is 18.9 Å². The van der Waals surface area contributed by atoms with E-state index in [2.05, 4.69) is 11.4 Å². The first-order valence-electron chi connectivity index (χ1n) is 13.8. The van der Waals surface area contributed by atoms with Crippen molar-refractivity contribution in [1.82, 2.24) is 15.1 Å². The van der Waals surface area contributed by atoms with Gasteiger partial charge in [-0.05, 0) is 54.7 Å². The third kappa shape index (κ3) is 5.94. The third-order valence-corrected chi connectivity index (χ3v) is 8.03. The number of halogens is 3. The number of nitrogens with zero attached hydrogens (tertiary/aromatic N) is 3. The summed E-state index contributed by atoms with van der Waals surface area (Å²) in [4.78, 5) is 55.7. The van der Waals surface area contributed by atoms with E-state index in [9.17, 15) is 37.6 Å². The van der Waals surface area contributed by atoms with Gasteiger partial charge in [-0.3, -0.25) is 19.2 Å². The van der Waals surface area contributed by atoms with Gasteiger partial charge in [0.1, 0.15) is 23.9 Å². The molecule has 2 aliphatic rings. The van der Waals surface area contributed by atoms with Crippen molar-refractivity contribution in [2.24, 2.45) is 5.41 Å². The molecule has 2 aromatic rings. The zero-order valence-corrected chi connectivity index (χ0v) is 24.6. The molecule has 228 valence electrons. The van der Waals surface area contributed by atoms with Crippen LogP contribution in [0.3, 0.4) is 0 Å². The summed E-state index contributed by atoms with van der Waals surface area (Å²) < 4.78 is 42.8. The molecule has 4 atom stereocenters. The quantitative estimate of drug-likeness (QED) is 0.504. The summed E-state index contributed by atoms with van der Waals surface area (Å²) in [5.41, 5.74) is -1.07. The monoisotopic (exact) mass is 597 g/mol. The number of benzene rings is 2. The van der Waals surface area contributed by atoms with E-state index in [1.54, 1.807) is 24.3 Å². The molecule has 1 spiro atoms. The molecule has 2 heterocycles. The Morgan fingerprint density at radius 2 is 1.79 bits per heavy atom. The maximum absolute atomic E-state index is 14.8. The average Bonchev–Trinajstić information content (AvgIpc) is 3.48. The van der Waals surface area contributed by atoms with Crippen LogP contribution in [0.4, 0.5) is 18.9 Å². The Labute approximate surface area is 248 Å². The summed E-state index contributed by atoms with van der Waals surface area (Å²) in [6.45, 7) is 6.71. The number of hydrogen-bond donors (Lipinski definition) is 2. The molecule has 2 N–H and O–H groups in total. The lowest BCUT2D eigenvalue weighted by Gasteiger charge is -2.37. The van der Waals surface area contributed by atoms with Crippen LogP contribution in [0.2, 0.25) is 0 Å². The van der Waals surface area contributed by atoms with Crippen molar-refractivity contribution in [3.05, 3.63) is 65.5 Å². The summed E-state index contributed by atoms with van der Waals surface area (Å²) in [6, 6.07) is 8.82. The third-order valence-electron chi connectivity index (χ3n) is 8.03. The lowest BCUT2D eigenvalue weighted by Crippen LogP contribution is -2.57. The number of rotatable bonds is 7. The average molecular weight is 598 g/mol. The van der Waals surface area contributed by atoms with Crippen molar-refractivity contribution in [1.29, 1.82) is 5.26 Å². The Kier molecular flexibility index (Phi) is 8.33. The SMILES string of the molecule is C[C@H](NC(=O)C(F)(F)c1ccc(F)cc1)C(=O)N(C)[C@@H](CC(C)(C)C)C(=O)N1C[C@]2(C[C@H]1C#N)C(=O)Nc1ccccc12. The summed E-state index contributed by atoms with van der Waals surface area (Å²) >= 11 is 0. The molecule has 1 fully saturated rings. The second kappa shape index (κ2) is 11.4. The predicted molar refractivity (Wildman–Crippen MR) is 151 cm³/mol. The molecule has 9 nitrogen and oxygen atoms in total. The molecule has 4 amide bonds. The molecular formula is C31H34F3N5O4. The highest BCUT2D eigenvalue weighted by molar-refractivity contribution is 6.07. The van der Waals surface area contributed by atoms with Gasteiger partial charge in [0.25, 0.3) is 5.91 Å². The fraction of sp³-hybridized carbons (Fsp3) is 0.452. The van der Waals surface area contributed by atoms with Gasteiger partial charge in [-0.15, -0.1) is 0 Å². The van der Waals surface area contributed by atoms with E-state index in [0.717, 1.165) is 29.2 Å². The van der Waals surface area contributed by atoms with Gasteiger partial charge in [0.05, 0.1) is 11.5 Å². The molecule has 43 heavy (non-hydrogen) atoms. The van der Waals surface area contributed by atoms with Crippen LogP contribution in [-0.4, -0.2) is 65.1 Å². The number of nitriles is 1. The van der Waals surface area contributed by atoms with Crippen molar-refractivity contribution in [2.45, 2.75) is 70.0 Å². The number of likely N-dealkylation sites (N-methyl/N-ethyl adjacent to an activating group) is 1. The second-order valence-electron chi connectivity index (χ2n) is 12.4. The van der Waals surface area contributed by atoms with Crippen LogP contribution < -0.4 is 10.6 Å². The Morgan fingerprint density at radius 1 is 1.16 bits per heavy atom. The van der Waals surface area contributed by atoms with Gasteiger partial charge in [-0.2, -0.15) is 14.0 Å². The normalized spacial score (nSPS) is 21.0. The highest BCUT2D eigenvalue weighted by atomic mass is 19.3. The van der Waals surface area contributed by atoms with Crippen molar-refractivity contribution < 1.29 is 32.3 Å². The maximum atomic E-state index is 14.8. The first-order valence-corrected chi connectivity index (χ1v) is 13.8. The van der Waals surface area contributed by atoms with Crippen LogP contribution in [0, 0.1) is 22.6 Å². The van der Waals surface area contributed by atoms with Crippen LogP contribution in [0.15, 0.2) is 48.5 Å². The Hall–Kier alpha value is -4.40. The summed E-state index contributed by atoms with van der Waals surface area (Å²) in [5, 5.41) is 14.8. The van der Waals surface area contributed by atoms with Gasteiger partial charge in [0, 0.05) is 31.3 Å². The van der Waals surface area contributed by atoms with Crippen LogP contribution >= 0.6 is 0 Å². The smallest absolute Gasteiger partial charge is 0.339 e. The van der Waals surface area contributed by atoms with E-state index in [0.29, 0.717) is 11.3 Å². The van der Waals surface area contributed by atoms with Crippen molar-refractivity contribution in [3.63, 3.8) is 0 Å². The van der Waals surface area contributed by atoms with Crippen molar-refractivity contribution >= 4 is 29.3 Å². The number of carbonyl (C=O) groups is 4. The summed E-state index contributed by atoms with van der Waals surface area (Å²) in [6.07, 6.45) is 0.216. The minimum atomic E-state index is -4.05. The number of carbonyl (C=O) groups excluding carboxylic acids is 4. The highest BCUT2D eigenvalue weighted by Gasteiger charge is 2.57. The van der Waals surface area contributed by atoms with E-state index >= 15 is 0 Å². The minimum Gasteiger partial charge on any atom is -0.339 e. The number of likely N-dealkylation sites (tertiary alicyclic amines) is 1. The molecule has 12 heteroatoms. The van der Waals surface area contributed by atoms with Gasteiger partial charge in [0.2, 0.25) is 17.7 Å². The van der Waals surface area contributed by atoms with Crippen LogP contribution in [-0.2, 0) is 30.5 Å². The van der Waals surface area contributed by atoms with Gasteiger partial charge in [-0.25, -0.2) is 4.39 Å². The standard InChI is InChI=1S/C31H34F3N5O4/c1-18(36-28(43)31(33,34)19-10-12-20(32)13-11-19)25(40)38(5)24(15-29(2,3)4)26(41)39-17-30(14-21(39)16-35)22-8-6-7-9-23(22)37-27(30)42/h6-13,18,21,24H,14-15,17H2,1-5H3,(H,36,43)(H,37,42)/t18-,21-,24-,30-/m0/s1. The molecular weight excluding hydrogens is 563 g/mol. The largest absolute Gasteiger partial charge is 0.349 e. The number of para-hydroxylation sites is 1. The summed E-state index contributed by atoms with van der Waals surface area (Å²) in [5.74, 6) is -8.26. The lowest BCUT2D eigenvalue weighted by molar-refractivity contribution is -0.152. The van der Waals surface area contributed by atoms with Gasteiger partial charge in [0.15, 0.2) is 0 Å². The second-order valence-corrected chi connectivity index (χ2v) is 12.4. The fourth-order valence-corrected chi connectivity index (χ4v) is 5.75.